The summed E-state index contributed by atoms with van der Waals surface area (Å²) in [5.41, 5.74) is -0.327. The molecule has 0 aliphatic carbocycles. The van der Waals surface area contributed by atoms with Crippen molar-refractivity contribution in [3.05, 3.63) is 57.5 Å². The van der Waals surface area contributed by atoms with Crippen molar-refractivity contribution in [2.24, 2.45) is 7.05 Å². The van der Waals surface area contributed by atoms with Gasteiger partial charge in [-0.3, -0.25) is 4.79 Å². The predicted molar refractivity (Wildman–Crippen MR) is 94.7 cm³/mol. The first-order chi connectivity index (χ1) is 11.7. The van der Waals surface area contributed by atoms with Gasteiger partial charge in [0.25, 0.3) is 5.56 Å². The Morgan fingerprint density at radius 3 is 2.28 bits per heavy atom. The molecule has 1 unspecified atom stereocenters. The fraction of sp³-hybridized carbons (Fsp3) is 0.375. The lowest BCUT2D eigenvalue weighted by molar-refractivity contribution is -0.169. The van der Waals surface area contributed by atoms with Crippen LogP contribution in [0, 0.1) is 0 Å². The fourth-order valence-electron chi connectivity index (χ4n) is 1.97. The summed E-state index contributed by atoms with van der Waals surface area (Å²) in [6.45, 7) is 4.00. The molecule has 0 amide bonds. The molecule has 1 heterocycles. The van der Waals surface area contributed by atoms with Crippen LogP contribution >= 0.6 is 23.5 Å². The molecule has 1 aromatic carbocycles. The van der Waals surface area contributed by atoms with Gasteiger partial charge in [0.2, 0.25) is 0 Å². The maximum absolute atomic E-state index is 13.4. The van der Waals surface area contributed by atoms with Crippen LogP contribution in [-0.2, 0) is 7.05 Å². The minimum Gasteiger partial charge on any atom is -0.268 e. The Hall–Kier alpha value is -1.51. The Balaban J connectivity index is 0.00000151. The van der Waals surface area contributed by atoms with Crippen LogP contribution < -0.4 is 5.56 Å². The first-order valence-corrected chi connectivity index (χ1v) is 8.60. The van der Waals surface area contributed by atoms with Gasteiger partial charge in [-0.2, -0.15) is 18.3 Å². The highest BCUT2D eigenvalue weighted by atomic mass is 35.5. The third-order valence-electron chi connectivity index (χ3n) is 3.05. The second kappa shape index (κ2) is 9.26. The number of hydrogen-bond acceptors (Lipinski definition) is 4. The Bertz CT molecular complexity index is 735. The third kappa shape index (κ3) is 6.05. The highest BCUT2D eigenvalue weighted by molar-refractivity contribution is 7.97. The number of halogens is 4. The average molecular weight is 394 g/mol. The maximum Gasteiger partial charge on any atom is 0.408 e. The summed E-state index contributed by atoms with van der Waals surface area (Å²) in [6.07, 6.45) is -3.14. The molecule has 2 rings (SSSR count). The lowest BCUT2D eigenvalue weighted by atomic mass is 10.1. The molecule has 0 bridgehead atoms. The second-order valence-corrected chi connectivity index (χ2v) is 6.45. The zero-order valence-electron chi connectivity index (χ0n) is 14.2. The van der Waals surface area contributed by atoms with Gasteiger partial charge in [0.15, 0.2) is 0 Å². The van der Waals surface area contributed by atoms with E-state index in [1.165, 1.54) is 50.6 Å². The molecule has 25 heavy (non-hydrogen) atoms. The molecular weight excluding hydrogens is 375 g/mol. The van der Waals surface area contributed by atoms with Gasteiger partial charge in [0, 0.05) is 23.0 Å². The largest absolute Gasteiger partial charge is 0.408 e. The van der Waals surface area contributed by atoms with E-state index in [1.54, 1.807) is 0 Å². The van der Waals surface area contributed by atoms with E-state index in [4.69, 9.17) is 11.6 Å². The molecule has 138 valence electrons. The molecule has 0 N–H and O–H groups in total. The molecular formula is C16H19ClF3N3OS. The molecule has 1 aromatic heterocycles. The molecule has 0 fully saturated rings. The van der Waals surface area contributed by atoms with Gasteiger partial charge < -0.3 is 0 Å². The van der Waals surface area contributed by atoms with E-state index in [1.807, 2.05) is 13.8 Å². The number of rotatable bonds is 4. The minimum atomic E-state index is -4.48. The molecule has 9 heteroatoms. The van der Waals surface area contributed by atoms with Crippen LogP contribution in [0.5, 0.6) is 0 Å². The molecule has 0 spiro atoms. The summed E-state index contributed by atoms with van der Waals surface area (Å²) in [5.74, 6) is 0. The van der Waals surface area contributed by atoms with Crippen LogP contribution in [0.2, 0.25) is 5.02 Å². The topological polar surface area (TPSA) is 38.1 Å². The average Bonchev–Trinajstić information content (AvgIpc) is 2.54. The van der Waals surface area contributed by atoms with Crippen molar-refractivity contribution >= 4 is 23.5 Å². The Kier molecular flexibility index (Phi) is 7.98. The Morgan fingerprint density at radius 1 is 1.24 bits per heavy atom. The van der Waals surface area contributed by atoms with Crippen LogP contribution in [0.25, 0.3) is 0 Å². The molecule has 0 aliphatic heterocycles. The standard InChI is InChI=1S/C14H13ClF3N3OS.C2H6/c1-20-12(22)7-11(8-19-20)23-21(2)13(14(16,17)18)9-3-5-10(15)6-4-9;1-2/h3-8,13H,1-2H3;1-2H3. The molecule has 0 saturated carbocycles. The van der Waals surface area contributed by atoms with Gasteiger partial charge >= 0.3 is 6.18 Å². The van der Waals surface area contributed by atoms with Crippen LogP contribution in [-0.4, -0.2) is 27.3 Å². The highest BCUT2D eigenvalue weighted by Crippen LogP contribution is 2.41. The number of nitrogens with zero attached hydrogens (tertiary/aromatic N) is 3. The summed E-state index contributed by atoms with van der Waals surface area (Å²) >= 11 is 6.53. The lowest BCUT2D eigenvalue weighted by Crippen LogP contribution is -2.32. The van der Waals surface area contributed by atoms with Crippen molar-refractivity contribution < 1.29 is 13.2 Å². The first-order valence-electron chi connectivity index (χ1n) is 7.45. The van der Waals surface area contributed by atoms with Crippen molar-refractivity contribution in [3.8, 4) is 0 Å². The van der Waals surface area contributed by atoms with Crippen molar-refractivity contribution in [2.75, 3.05) is 7.05 Å². The summed E-state index contributed by atoms with van der Waals surface area (Å²) < 4.78 is 42.4. The van der Waals surface area contributed by atoms with Crippen molar-refractivity contribution in [2.45, 2.75) is 31.0 Å². The van der Waals surface area contributed by atoms with Gasteiger partial charge in [-0.1, -0.05) is 37.6 Å². The number of benzene rings is 1. The van der Waals surface area contributed by atoms with Crippen molar-refractivity contribution in [1.82, 2.24) is 14.1 Å². The smallest absolute Gasteiger partial charge is 0.268 e. The predicted octanol–water partition coefficient (Wildman–Crippen LogP) is 4.70. The molecule has 4 nitrogen and oxygen atoms in total. The van der Waals surface area contributed by atoms with Crippen LogP contribution in [0.3, 0.4) is 0 Å². The maximum atomic E-state index is 13.4. The first kappa shape index (κ1) is 21.5. The fourth-order valence-corrected chi connectivity index (χ4v) is 3.02. The summed E-state index contributed by atoms with van der Waals surface area (Å²) in [7, 11) is 2.78. The number of aromatic nitrogens is 2. The molecule has 2 aromatic rings. The third-order valence-corrected chi connectivity index (χ3v) is 4.24. The van der Waals surface area contributed by atoms with E-state index < -0.39 is 17.8 Å². The van der Waals surface area contributed by atoms with Crippen LogP contribution in [0.4, 0.5) is 13.2 Å². The van der Waals surface area contributed by atoms with Crippen LogP contribution in [0.15, 0.2) is 46.2 Å². The van der Waals surface area contributed by atoms with Crippen molar-refractivity contribution in [1.29, 1.82) is 0 Å². The van der Waals surface area contributed by atoms with Gasteiger partial charge in [-0.05, 0) is 36.7 Å². The molecule has 0 radical (unpaired) electrons. The monoisotopic (exact) mass is 393 g/mol. The lowest BCUT2D eigenvalue weighted by Gasteiger charge is -2.29. The van der Waals surface area contributed by atoms with E-state index in [-0.39, 0.29) is 5.56 Å². The van der Waals surface area contributed by atoms with Gasteiger partial charge in [0.05, 0.1) is 6.20 Å². The second-order valence-electron chi connectivity index (χ2n) is 4.79. The van der Waals surface area contributed by atoms with Gasteiger partial charge in [-0.15, -0.1) is 0 Å². The van der Waals surface area contributed by atoms with Gasteiger partial charge in [0.1, 0.15) is 6.04 Å². The van der Waals surface area contributed by atoms with E-state index in [9.17, 15) is 18.0 Å². The molecule has 0 saturated heterocycles. The van der Waals surface area contributed by atoms with E-state index in [2.05, 4.69) is 5.10 Å². The Morgan fingerprint density at radius 2 is 1.80 bits per heavy atom. The zero-order valence-corrected chi connectivity index (χ0v) is 15.8. The normalized spacial score (nSPS) is 12.5. The number of aryl methyl sites for hydroxylation is 1. The molecule has 0 aliphatic rings. The number of hydrogen-bond donors (Lipinski definition) is 0. The van der Waals surface area contributed by atoms with E-state index >= 15 is 0 Å². The summed E-state index contributed by atoms with van der Waals surface area (Å²) in [4.78, 5) is 11.9. The highest BCUT2D eigenvalue weighted by Gasteiger charge is 2.44. The SMILES string of the molecule is CC.CN(Sc1cnn(C)c(=O)c1)C(c1ccc(Cl)cc1)C(F)(F)F. The zero-order chi connectivity index (χ0) is 19.2. The summed E-state index contributed by atoms with van der Waals surface area (Å²) in [6, 6.07) is 4.89. The Labute approximate surface area is 153 Å². The quantitative estimate of drug-likeness (QED) is 0.705. The molecule has 1 atom stereocenters. The minimum absolute atomic E-state index is 0.0636. The number of alkyl halides is 3. The van der Waals surface area contributed by atoms with Crippen molar-refractivity contribution in [3.63, 3.8) is 0 Å². The van der Waals surface area contributed by atoms with E-state index in [0.717, 1.165) is 20.9 Å². The van der Waals surface area contributed by atoms with Crippen LogP contribution in [0.1, 0.15) is 25.5 Å². The summed E-state index contributed by atoms with van der Waals surface area (Å²) in [5, 5.41) is 4.16. The van der Waals surface area contributed by atoms with E-state index in [0.29, 0.717) is 9.92 Å². The van der Waals surface area contributed by atoms with Gasteiger partial charge in [-0.25, -0.2) is 8.99 Å².